The largest absolute Gasteiger partial charge is 0.442 e. The van der Waals surface area contributed by atoms with Gasteiger partial charge in [-0.05, 0) is 30.9 Å². The van der Waals surface area contributed by atoms with Crippen molar-refractivity contribution in [3.8, 4) is 11.5 Å². The molecule has 2 nitrogen and oxygen atoms in total. The predicted molar refractivity (Wildman–Crippen MR) is 59.7 cm³/mol. The summed E-state index contributed by atoms with van der Waals surface area (Å²) in [6.07, 6.45) is 6.00. The minimum absolute atomic E-state index is 0.189. The summed E-state index contributed by atoms with van der Waals surface area (Å²) >= 11 is 1.55. The lowest BCUT2D eigenvalue weighted by molar-refractivity contribution is 0.136. The van der Waals surface area contributed by atoms with E-state index >= 15 is 0 Å². The Bertz CT molecular complexity index is 360. The summed E-state index contributed by atoms with van der Waals surface area (Å²) in [5, 5.41) is 0. The second kappa shape index (κ2) is 3.96. The number of hydrogen-bond donors (Lipinski definition) is 0. The van der Waals surface area contributed by atoms with Crippen LogP contribution in [0.1, 0.15) is 12.5 Å². The van der Waals surface area contributed by atoms with Crippen LogP contribution in [0.5, 0.6) is 11.5 Å². The SMILES string of the molecule is CC=Cc1ccc2c(c1)OC(SC)O2. The van der Waals surface area contributed by atoms with E-state index in [0.29, 0.717) is 0 Å². The molecule has 1 aromatic carbocycles. The quantitative estimate of drug-likeness (QED) is 0.744. The number of benzene rings is 1. The maximum atomic E-state index is 5.55. The van der Waals surface area contributed by atoms with Crippen molar-refractivity contribution in [1.82, 2.24) is 0 Å². The van der Waals surface area contributed by atoms with Crippen LogP contribution in [-0.2, 0) is 0 Å². The summed E-state index contributed by atoms with van der Waals surface area (Å²) in [5.41, 5.74) is 0.947. The van der Waals surface area contributed by atoms with Crippen LogP contribution in [0.25, 0.3) is 6.08 Å². The van der Waals surface area contributed by atoms with Crippen molar-refractivity contribution in [2.45, 2.75) is 12.5 Å². The molecule has 0 saturated carbocycles. The Balaban J connectivity index is 2.26. The molecule has 0 N–H and O–H groups in total. The van der Waals surface area contributed by atoms with Crippen molar-refractivity contribution >= 4 is 17.8 Å². The third-order valence-corrected chi connectivity index (χ3v) is 2.54. The topological polar surface area (TPSA) is 18.5 Å². The molecule has 1 aliphatic heterocycles. The van der Waals surface area contributed by atoms with E-state index in [1.165, 1.54) is 0 Å². The van der Waals surface area contributed by atoms with Crippen molar-refractivity contribution in [3.63, 3.8) is 0 Å². The molecule has 0 aromatic heterocycles. The van der Waals surface area contributed by atoms with Gasteiger partial charge in [0.15, 0.2) is 11.5 Å². The van der Waals surface area contributed by atoms with Gasteiger partial charge in [0.2, 0.25) is 0 Å². The average molecular weight is 208 g/mol. The van der Waals surface area contributed by atoms with Gasteiger partial charge >= 0.3 is 0 Å². The lowest BCUT2D eigenvalue weighted by Gasteiger charge is -2.04. The molecule has 0 fully saturated rings. The average Bonchev–Trinajstić information content (AvgIpc) is 2.60. The summed E-state index contributed by atoms with van der Waals surface area (Å²) in [5.74, 6) is 1.66. The number of hydrogen-bond acceptors (Lipinski definition) is 3. The summed E-state index contributed by atoms with van der Waals surface area (Å²) < 4.78 is 11.1. The molecule has 0 saturated heterocycles. The third-order valence-electron chi connectivity index (χ3n) is 1.97. The first-order valence-electron chi connectivity index (χ1n) is 4.46. The van der Waals surface area contributed by atoms with E-state index < -0.39 is 0 Å². The Morgan fingerprint density at radius 2 is 2.07 bits per heavy atom. The molecule has 2 rings (SSSR count). The van der Waals surface area contributed by atoms with Crippen LogP contribution >= 0.6 is 11.8 Å². The molecule has 0 bridgehead atoms. The Morgan fingerprint density at radius 1 is 1.29 bits per heavy atom. The van der Waals surface area contributed by atoms with Gasteiger partial charge in [-0.15, -0.1) is 0 Å². The third kappa shape index (κ3) is 1.73. The Hall–Kier alpha value is -1.09. The van der Waals surface area contributed by atoms with Gasteiger partial charge in [0.25, 0.3) is 5.62 Å². The van der Waals surface area contributed by atoms with Crippen LogP contribution in [0.15, 0.2) is 24.3 Å². The van der Waals surface area contributed by atoms with Gasteiger partial charge in [-0.25, -0.2) is 0 Å². The van der Waals surface area contributed by atoms with Gasteiger partial charge in [0.05, 0.1) is 0 Å². The zero-order chi connectivity index (χ0) is 9.97. The first-order chi connectivity index (χ1) is 6.83. The minimum atomic E-state index is -0.189. The number of ether oxygens (including phenoxy) is 2. The van der Waals surface area contributed by atoms with Crippen LogP contribution in [0.4, 0.5) is 0 Å². The number of fused-ring (bicyclic) bond motifs is 1. The second-order valence-electron chi connectivity index (χ2n) is 2.97. The number of allylic oxidation sites excluding steroid dienone is 1. The molecule has 1 unspecified atom stereocenters. The van der Waals surface area contributed by atoms with Crippen molar-refractivity contribution in [2.24, 2.45) is 0 Å². The molecule has 1 aromatic rings. The minimum Gasteiger partial charge on any atom is -0.442 e. The van der Waals surface area contributed by atoms with E-state index in [1.807, 2.05) is 43.5 Å². The van der Waals surface area contributed by atoms with E-state index in [1.54, 1.807) is 11.8 Å². The fourth-order valence-corrected chi connectivity index (χ4v) is 1.74. The number of thioether (sulfide) groups is 1. The van der Waals surface area contributed by atoms with E-state index in [2.05, 4.69) is 0 Å². The molecule has 0 amide bonds. The van der Waals surface area contributed by atoms with E-state index in [-0.39, 0.29) is 5.62 Å². The predicted octanol–water partition coefficient (Wildman–Crippen LogP) is 3.14. The van der Waals surface area contributed by atoms with Crippen molar-refractivity contribution in [3.05, 3.63) is 29.8 Å². The van der Waals surface area contributed by atoms with Gasteiger partial charge < -0.3 is 9.47 Å². The van der Waals surface area contributed by atoms with Crippen molar-refractivity contribution in [1.29, 1.82) is 0 Å². The van der Waals surface area contributed by atoms with Crippen LogP contribution in [0.2, 0.25) is 0 Å². The molecular formula is C11H12O2S. The van der Waals surface area contributed by atoms with Crippen LogP contribution in [0, 0.1) is 0 Å². The van der Waals surface area contributed by atoms with Crippen molar-refractivity contribution in [2.75, 3.05) is 6.26 Å². The van der Waals surface area contributed by atoms with Crippen LogP contribution < -0.4 is 9.47 Å². The highest BCUT2D eigenvalue weighted by Crippen LogP contribution is 2.37. The molecular weight excluding hydrogens is 196 g/mol. The zero-order valence-electron chi connectivity index (χ0n) is 8.19. The normalized spacial score (nSPS) is 19.1. The first-order valence-corrected chi connectivity index (χ1v) is 5.75. The van der Waals surface area contributed by atoms with Gasteiger partial charge in [-0.1, -0.05) is 30.0 Å². The van der Waals surface area contributed by atoms with Gasteiger partial charge in [0, 0.05) is 0 Å². The highest BCUT2D eigenvalue weighted by molar-refractivity contribution is 7.98. The van der Waals surface area contributed by atoms with Crippen LogP contribution in [0.3, 0.4) is 0 Å². The fraction of sp³-hybridized carbons (Fsp3) is 0.273. The maximum Gasteiger partial charge on any atom is 0.291 e. The number of rotatable bonds is 2. The fourth-order valence-electron chi connectivity index (χ4n) is 1.34. The Labute approximate surface area is 87.9 Å². The molecule has 0 spiro atoms. The Kier molecular flexibility index (Phi) is 2.68. The molecule has 0 radical (unpaired) electrons. The zero-order valence-corrected chi connectivity index (χ0v) is 9.01. The van der Waals surface area contributed by atoms with E-state index in [9.17, 15) is 0 Å². The molecule has 74 valence electrons. The second-order valence-corrected chi connectivity index (χ2v) is 3.82. The highest BCUT2D eigenvalue weighted by atomic mass is 32.2. The maximum absolute atomic E-state index is 5.55. The lowest BCUT2D eigenvalue weighted by atomic mass is 10.2. The molecule has 1 atom stereocenters. The summed E-state index contributed by atoms with van der Waals surface area (Å²) in [6.45, 7) is 2.00. The van der Waals surface area contributed by atoms with Gasteiger partial charge in [0.1, 0.15) is 0 Å². The molecule has 1 aliphatic rings. The van der Waals surface area contributed by atoms with E-state index in [0.717, 1.165) is 17.1 Å². The molecule has 1 heterocycles. The van der Waals surface area contributed by atoms with Crippen molar-refractivity contribution < 1.29 is 9.47 Å². The highest BCUT2D eigenvalue weighted by Gasteiger charge is 2.22. The van der Waals surface area contributed by atoms with Gasteiger partial charge in [-0.3, -0.25) is 0 Å². The summed E-state index contributed by atoms with van der Waals surface area (Å²) in [7, 11) is 0. The molecule has 0 aliphatic carbocycles. The molecule has 14 heavy (non-hydrogen) atoms. The first kappa shape index (κ1) is 9.46. The lowest BCUT2D eigenvalue weighted by Crippen LogP contribution is -2.11. The van der Waals surface area contributed by atoms with Gasteiger partial charge in [-0.2, -0.15) is 0 Å². The smallest absolute Gasteiger partial charge is 0.291 e. The summed E-state index contributed by atoms with van der Waals surface area (Å²) in [4.78, 5) is 0. The van der Waals surface area contributed by atoms with Crippen LogP contribution in [-0.4, -0.2) is 11.9 Å². The Morgan fingerprint density at radius 3 is 2.79 bits per heavy atom. The summed E-state index contributed by atoms with van der Waals surface area (Å²) in [6, 6.07) is 5.96. The monoisotopic (exact) mass is 208 g/mol. The standard InChI is InChI=1S/C11H12O2S/c1-3-4-8-5-6-9-10(7-8)13-11(12-9)14-2/h3-7,11H,1-2H3. The van der Waals surface area contributed by atoms with E-state index in [4.69, 9.17) is 9.47 Å². The molecule has 3 heteroatoms.